The van der Waals surface area contributed by atoms with E-state index in [9.17, 15) is 26.3 Å². The van der Waals surface area contributed by atoms with E-state index >= 15 is 0 Å². The van der Waals surface area contributed by atoms with Crippen molar-refractivity contribution in [1.82, 2.24) is 5.32 Å². The van der Waals surface area contributed by atoms with Crippen molar-refractivity contribution in [3.8, 4) is 0 Å². The van der Waals surface area contributed by atoms with Crippen LogP contribution in [0.1, 0.15) is 22.6 Å². The molecule has 0 amide bonds. The van der Waals surface area contributed by atoms with Crippen LogP contribution >= 0.6 is 12.4 Å². The minimum atomic E-state index is -4.77. The van der Waals surface area contributed by atoms with E-state index in [1.165, 1.54) is 0 Å². The van der Waals surface area contributed by atoms with Crippen molar-refractivity contribution in [2.24, 2.45) is 0 Å². The standard InChI is InChI=1S/C11H9F6N.ClH/c12-10(13,14)8-1-6(7-4-18-5-7)2-9(3-8)11(15,16)17;/h1-3,7,18H,4-5H2;1H. The summed E-state index contributed by atoms with van der Waals surface area (Å²) in [6.45, 7) is 0.803. The van der Waals surface area contributed by atoms with Crippen LogP contribution < -0.4 is 5.32 Å². The molecule has 1 aromatic carbocycles. The molecule has 1 aliphatic rings. The highest BCUT2D eigenvalue weighted by Crippen LogP contribution is 2.38. The van der Waals surface area contributed by atoms with E-state index in [1.54, 1.807) is 0 Å². The highest BCUT2D eigenvalue weighted by Gasteiger charge is 2.37. The quantitative estimate of drug-likeness (QED) is 0.778. The smallest absolute Gasteiger partial charge is 0.315 e. The molecule has 108 valence electrons. The van der Waals surface area contributed by atoms with Crippen LogP contribution in [0.5, 0.6) is 0 Å². The summed E-state index contributed by atoms with van der Waals surface area (Å²) in [6, 6.07) is 1.73. The summed E-state index contributed by atoms with van der Waals surface area (Å²) in [5.41, 5.74) is -2.42. The van der Waals surface area contributed by atoms with E-state index in [4.69, 9.17) is 0 Å². The maximum absolute atomic E-state index is 12.5. The van der Waals surface area contributed by atoms with E-state index in [0.717, 1.165) is 12.1 Å². The highest BCUT2D eigenvalue weighted by molar-refractivity contribution is 5.85. The third-order valence-corrected chi connectivity index (χ3v) is 2.86. The Kier molecular flexibility index (Phi) is 4.41. The van der Waals surface area contributed by atoms with E-state index in [2.05, 4.69) is 5.32 Å². The Labute approximate surface area is 111 Å². The first-order valence-electron chi connectivity index (χ1n) is 5.18. The molecule has 0 saturated carbocycles. The van der Waals surface area contributed by atoms with E-state index in [0.29, 0.717) is 13.1 Å². The largest absolute Gasteiger partial charge is 0.416 e. The number of nitrogens with one attached hydrogen (secondary N) is 1. The van der Waals surface area contributed by atoms with Crippen LogP contribution in [-0.2, 0) is 12.4 Å². The predicted octanol–water partition coefficient (Wildman–Crippen LogP) is 3.83. The summed E-state index contributed by atoms with van der Waals surface area (Å²) >= 11 is 0. The Hall–Kier alpha value is -0.950. The molecule has 1 aromatic rings. The fourth-order valence-electron chi connectivity index (χ4n) is 1.74. The van der Waals surface area contributed by atoms with Gasteiger partial charge < -0.3 is 5.32 Å². The molecule has 0 atom stereocenters. The van der Waals surface area contributed by atoms with Crippen molar-refractivity contribution < 1.29 is 26.3 Å². The van der Waals surface area contributed by atoms with E-state index in [-0.39, 0.29) is 30.0 Å². The Bertz CT molecular complexity index is 417. The Morgan fingerprint density at radius 1 is 0.842 bits per heavy atom. The fourth-order valence-corrected chi connectivity index (χ4v) is 1.74. The summed E-state index contributed by atoms with van der Waals surface area (Å²) in [5.74, 6) is -0.284. The van der Waals surface area contributed by atoms with Gasteiger partial charge in [-0.15, -0.1) is 12.4 Å². The van der Waals surface area contributed by atoms with Gasteiger partial charge in [-0.2, -0.15) is 26.3 Å². The molecule has 0 spiro atoms. The molecule has 1 N–H and O–H groups in total. The molecule has 2 rings (SSSR count). The number of hydrogen-bond acceptors (Lipinski definition) is 1. The molecular weight excluding hydrogens is 296 g/mol. The van der Waals surface area contributed by atoms with Gasteiger partial charge in [-0.25, -0.2) is 0 Å². The Morgan fingerprint density at radius 3 is 1.53 bits per heavy atom. The lowest BCUT2D eigenvalue weighted by Gasteiger charge is -2.28. The van der Waals surface area contributed by atoms with Gasteiger partial charge in [0.25, 0.3) is 0 Å². The van der Waals surface area contributed by atoms with E-state index in [1.807, 2.05) is 0 Å². The fraction of sp³-hybridized carbons (Fsp3) is 0.455. The van der Waals surface area contributed by atoms with Gasteiger partial charge in [0.05, 0.1) is 11.1 Å². The first-order chi connectivity index (χ1) is 8.18. The van der Waals surface area contributed by atoms with Crippen molar-refractivity contribution >= 4 is 12.4 Å². The van der Waals surface area contributed by atoms with Crippen LogP contribution in [0.15, 0.2) is 18.2 Å². The topological polar surface area (TPSA) is 12.0 Å². The van der Waals surface area contributed by atoms with Crippen molar-refractivity contribution in [2.75, 3.05) is 13.1 Å². The molecule has 0 radical (unpaired) electrons. The number of rotatable bonds is 1. The molecule has 0 unspecified atom stereocenters. The summed E-state index contributed by atoms with van der Waals surface area (Å²) in [4.78, 5) is 0. The van der Waals surface area contributed by atoms with Crippen LogP contribution in [0.25, 0.3) is 0 Å². The third kappa shape index (κ3) is 3.54. The van der Waals surface area contributed by atoms with Crippen molar-refractivity contribution in [2.45, 2.75) is 18.3 Å². The van der Waals surface area contributed by atoms with Gasteiger partial charge in [0.2, 0.25) is 0 Å². The number of halogens is 7. The van der Waals surface area contributed by atoms with E-state index < -0.39 is 23.5 Å². The SMILES string of the molecule is Cl.FC(F)(F)c1cc(C2CNC2)cc(C(F)(F)F)c1. The van der Waals surface area contributed by atoms with Gasteiger partial charge in [0.15, 0.2) is 0 Å². The summed E-state index contributed by atoms with van der Waals surface area (Å²) in [5, 5.41) is 2.81. The zero-order valence-electron chi connectivity index (χ0n) is 9.40. The van der Waals surface area contributed by atoms with Crippen LogP contribution in [0.3, 0.4) is 0 Å². The Balaban J connectivity index is 0.00000180. The van der Waals surface area contributed by atoms with Crippen molar-refractivity contribution in [1.29, 1.82) is 0 Å². The van der Waals surface area contributed by atoms with Gasteiger partial charge in [0.1, 0.15) is 0 Å². The molecule has 1 nitrogen and oxygen atoms in total. The summed E-state index contributed by atoms with van der Waals surface area (Å²) in [6.07, 6.45) is -9.54. The number of benzene rings is 1. The zero-order chi connectivity index (χ0) is 13.6. The number of alkyl halides is 6. The lowest BCUT2D eigenvalue weighted by molar-refractivity contribution is -0.143. The zero-order valence-corrected chi connectivity index (χ0v) is 10.2. The third-order valence-electron chi connectivity index (χ3n) is 2.86. The second-order valence-electron chi connectivity index (χ2n) is 4.19. The molecular formula is C11H10ClF6N. The van der Waals surface area contributed by atoms with Crippen LogP contribution in [-0.4, -0.2) is 13.1 Å². The first kappa shape index (κ1) is 16.1. The lowest BCUT2D eigenvalue weighted by atomic mass is 9.90. The highest BCUT2D eigenvalue weighted by atomic mass is 35.5. The summed E-state index contributed by atoms with van der Waals surface area (Å²) < 4.78 is 75.2. The normalized spacial score (nSPS) is 16.7. The summed E-state index contributed by atoms with van der Waals surface area (Å²) in [7, 11) is 0. The average molecular weight is 306 g/mol. The van der Waals surface area contributed by atoms with Gasteiger partial charge in [0, 0.05) is 19.0 Å². The van der Waals surface area contributed by atoms with Gasteiger partial charge in [-0.05, 0) is 23.8 Å². The molecule has 1 heterocycles. The van der Waals surface area contributed by atoms with Gasteiger partial charge in [-0.3, -0.25) is 0 Å². The van der Waals surface area contributed by atoms with Gasteiger partial charge >= 0.3 is 12.4 Å². The lowest BCUT2D eigenvalue weighted by Crippen LogP contribution is -2.40. The van der Waals surface area contributed by atoms with Crippen LogP contribution in [0.2, 0.25) is 0 Å². The van der Waals surface area contributed by atoms with Crippen LogP contribution in [0, 0.1) is 0 Å². The molecule has 8 heteroatoms. The second kappa shape index (κ2) is 5.20. The predicted molar refractivity (Wildman–Crippen MR) is 59.3 cm³/mol. The molecule has 0 bridgehead atoms. The Morgan fingerprint density at radius 2 is 1.26 bits per heavy atom. The second-order valence-corrected chi connectivity index (χ2v) is 4.19. The molecule has 0 aromatic heterocycles. The number of hydrogen-bond donors (Lipinski definition) is 1. The molecule has 1 fully saturated rings. The molecule has 0 aliphatic carbocycles. The minimum absolute atomic E-state index is 0. The maximum Gasteiger partial charge on any atom is 0.416 e. The van der Waals surface area contributed by atoms with Crippen LogP contribution in [0.4, 0.5) is 26.3 Å². The monoisotopic (exact) mass is 305 g/mol. The minimum Gasteiger partial charge on any atom is -0.315 e. The van der Waals surface area contributed by atoms with Crippen molar-refractivity contribution in [3.05, 3.63) is 34.9 Å². The first-order valence-corrected chi connectivity index (χ1v) is 5.18. The van der Waals surface area contributed by atoms with Crippen molar-refractivity contribution in [3.63, 3.8) is 0 Å². The van der Waals surface area contributed by atoms with Gasteiger partial charge in [-0.1, -0.05) is 0 Å². The molecule has 1 saturated heterocycles. The maximum atomic E-state index is 12.5. The molecule has 1 aliphatic heterocycles. The average Bonchev–Trinajstić information content (AvgIpc) is 2.11. The molecule has 19 heavy (non-hydrogen) atoms.